The predicted molar refractivity (Wildman–Crippen MR) is 115 cm³/mol. The number of fused-ring (bicyclic) bond motifs is 1. The van der Waals surface area contributed by atoms with Crippen LogP contribution < -0.4 is 11.1 Å². The van der Waals surface area contributed by atoms with E-state index in [1.165, 1.54) is 4.68 Å². The molecule has 1 aliphatic rings. The lowest BCUT2D eigenvalue weighted by Gasteiger charge is -2.22. The highest BCUT2D eigenvalue weighted by atomic mass is 16.2. The molecule has 0 bridgehead atoms. The van der Waals surface area contributed by atoms with Gasteiger partial charge in [-0.3, -0.25) is 19.1 Å². The molecule has 0 unspecified atom stereocenters. The Morgan fingerprint density at radius 2 is 1.94 bits per heavy atom. The van der Waals surface area contributed by atoms with Gasteiger partial charge in [-0.2, -0.15) is 5.10 Å². The molecule has 3 aromatic rings. The largest absolute Gasteiger partial charge is 0.364 e. The first-order chi connectivity index (χ1) is 15.0. The molecule has 0 aliphatic heterocycles. The maximum absolute atomic E-state index is 13.1. The van der Waals surface area contributed by atoms with Crippen molar-refractivity contribution in [2.24, 2.45) is 5.73 Å². The van der Waals surface area contributed by atoms with E-state index in [1.807, 2.05) is 19.1 Å². The van der Waals surface area contributed by atoms with Gasteiger partial charge < -0.3 is 16.0 Å². The van der Waals surface area contributed by atoms with Gasteiger partial charge in [-0.15, -0.1) is 0 Å². The second-order valence-corrected chi connectivity index (χ2v) is 7.56. The van der Waals surface area contributed by atoms with Gasteiger partial charge in [0.25, 0.3) is 5.91 Å². The molecular formula is C22H24N6O3. The zero-order valence-electron chi connectivity index (χ0n) is 17.2. The normalized spacial score (nSPS) is 13.2. The second-order valence-electron chi connectivity index (χ2n) is 7.56. The van der Waals surface area contributed by atoms with Crippen LogP contribution in [0.4, 0.5) is 5.82 Å². The Morgan fingerprint density at radius 3 is 2.65 bits per heavy atom. The zero-order valence-corrected chi connectivity index (χ0v) is 17.2. The summed E-state index contributed by atoms with van der Waals surface area (Å²) < 4.78 is 1.47. The van der Waals surface area contributed by atoms with E-state index >= 15 is 0 Å². The third-order valence-corrected chi connectivity index (χ3v) is 5.23. The van der Waals surface area contributed by atoms with Gasteiger partial charge in [-0.1, -0.05) is 31.2 Å². The van der Waals surface area contributed by atoms with Crippen molar-refractivity contribution in [1.29, 1.82) is 0 Å². The fourth-order valence-electron chi connectivity index (χ4n) is 3.54. The quantitative estimate of drug-likeness (QED) is 0.574. The van der Waals surface area contributed by atoms with Gasteiger partial charge in [-0.25, -0.2) is 4.98 Å². The van der Waals surface area contributed by atoms with Gasteiger partial charge in [0, 0.05) is 17.1 Å². The first-order valence-corrected chi connectivity index (χ1v) is 10.3. The van der Waals surface area contributed by atoms with Gasteiger partial charge in [-0.05, 0) is 37.5 Å². The molecule has 1 fully saturated rings. The first kappa shape index (κ1) is 20.5. The Kier molecular flexibility index (Phi) is 5.66. The summed E-state index contributed by atoms with van der Waals surface area (Å²) in [6.45, 7) is 1.84. The minimum absolute atomic E-state index is 0.0330. The van der Waals surface area contributed by atoms with Crippen molar-refractivity contribution in [2.75, 3.05) is 11.9 Å². The number of nitrogens with one attached hydrogen (secondary N) is 1. The summed E-state index contributed by atoms with van der Waals surface area (Å²) in [7, 11) is 0. The number of para-hydroxylation sites is 1. The average molecular weight is 420 g/mol. The van der Waals surface area contributed by atoms with Crippen LogP contribution in [0.1, 0.15) is 35.9 Å². The fourth-order valence-corrected chi connectivity index (χ4v) is 3.54. The molecule has 1 aliphatic carbocycles. The molecule has 0 radical (unpaired) electrons. The molecule has 3 N–H and O–H groups in total. The molecule has 0 spiro atoms. The number of nitrogens with zero attached hydrogens (tertiary/aromatic N) is 4. The number of pyridine rings is 1. The molecule has 2 heterocycles. The van der Waals surface area contributed by atoms with Crippen molar-refractivity contribution in [2.45, 2.75) is 38.8 Å². The number of carbonyl (C=O) groups is 3. The molecular weight excluding hydrogens is 396 g/mol. The van der Waals surface area contributed by atoms with E-state index < -0.39 is 5.91 Å². The summed E-state index contributed by atoms with van der Waals surface area (Å²) in [5.74, 6) is -0.722. The maximum atomic E-state index is 13.1. The predicted octanol–water partition coefficient (Wildman–Crippen LogP) is 1.72. The van der Waals surface area contributed by atoms with Crippen LogP contribution in [0.25, 0.3) is 10.9 Å². The number of hydrogen-bond acceptors (Lipinski definition) is 5. The van der Waals surface area contributed by atoms with Crippen molar-refractivity contribution in [1.82, 2.24) is 19.7 Å². The lowest BCUT2D eigenvalue weighted by molar-refractivity contribution is -0.135. The van der Waals surface area contributed by atoms with Gasteiger partial charge in [0.1, 0.15) is 18.9 Å². The molecule has 9 heteroatoms. The molecule has 1 aromatic carbocycles. The molecule has 9 nitrogen and oxygen atoms in total. The molecule has 0 saturated heterocycles. The number of anilines is 1. The van der Waals surface area contributed by atoms with Crippen LogP contribution in [0, 0.1) is 0 Å². The van der Waals surface area contributed by atoms with Crippen molar-refractivity contribution >= 4 is 34.4 Å². The highest BCUT2D eigenvalue weighted by molar-refractivity contribution is 6.04. The van der Waals surface area contributed by atoms with E-state index in [0.29, 0.717) is 16.7 Å². The van der Waals surface area contributed by atoms with Crippen molar-refractivity contribution in [3.05, 3.63) is 53.9 Å². The van der Waals surface area contributed by atoms with E-state index in [-0.39, 0.29) is 36.6 Å². The smallest absolute Gasteiger partial charge is 0.269 e. The SMILES string of the molecule is CCc1cccc(NC(=O)CN(C(=O)Cn2nc(C(N)=O)c3ccccc32)C2CC2)n1. The van der Waals surface area contributed by atoms with Crippen molar-refractivity contribution in [3.8, 4) is 0 Å². The van der Waals surface area contributed by atoms with E-state index in [0.717, 1.165) is 25.0 Å². The van der Waals surface area contributed by atoms with E-state index in [9.17, 15) is 14.4 Å². The average Bonchev–Trinajstić information content (AvgIpc) is 3.54. The van der Waals surface area contributed by atoms with Crippen LogP contribution in [0.5, 0.6) is 0 Å². The molecule has 31 heavy (non-hydrogen) atoms. The molecule has 2 aromatic heterocycles. The summed E-state index contributed by atoms with van der Waals surface area (Å²) in [6.07, 6.45) is 2.48. The third-order valence-electron chi connectivity index (χ3n) is 5.23. The highest BCUT2D eigenvalue weighted by Gasteiger charge is 2.34. The third kappa shape index (κ3) is 4.55. The monoisotopic (exact) mass is 420 g/mol. The number of benzene rings is 1. The Balaban J connectivity index is 1.49. The Bertz CT molecular complexity index is 1150. The van der Waals surface area contributed by atoms with Crippen LogP contribution in [0.2, 0.25) is 0 Å². The number of amides is 3. The van der Waals surface area contributed by atoms with Gasteiger partial charge in [0.2, 0.25) is 11.8 Å². The summed E-state index contributed by atoms with van der Waals surface area (Å²) in [4.78, 5) is 43.3. The number of rotatable bonds is 8. The Labute approximate surface area is 179 Å². The van der Waals surface area contributed by atoms with Crippen LogP contribution >= 0.6 is 0 Å². The van der Waals surface area contributed by atoms with E-state index in [4.69, 9.17) is 5.73 Å². The number of carbonyl (C=O) groups excluding carboxylic acids is 3. The van der Waals surface area contributed by atoms with Crippen molar-refractivity contribution < 1.29 is 14.4 Å². The number of hydrogen-bond donors (Lipinski definition) is 2. The summed E-state index contributed by atoms with van der Waals surface area (Å²) in [5.41, 5.74) is 7.08. The molecule has 1 saturated carbocycles. The van der Waals surface area contributed by atoms with Gasteiger partial charge in [0.15, 0.2) is 5.69 Å². The van der Waals surface area contributed by atoms with Crippen LogP contribution in [0.3, 0.4) is 0 Å². The summed E-state index contributed by atoms with van der Waals surface area (Å²) in [6, 6.07) is 12.6. The Morgan fingerprint density at radius 1 is 1.16 bits per heavy atom. The highest BCUT2D eigenvalue weighted by Crippen LogP contribution is 2.27. The van der Waals surface area contributed by atoms with Gasteiger partial charge >= 0.3 is 0 Å². The number of aromatic nitrogens is 3. The topological polar surface area (TPSA) is 123 Å². The lowest BCUT2D eigenvalue weighted by Crippen LogP contribution is -2.41. The summed E-state index contributed by atoms with van der Waals surface area (Å²) >= 11 is 0. The minimum Gasteiger partial charge on any atom is -0.364 e. The first-order valence-electron chi connectivity index (χ1n) is 10.3. The minimum atomic E-state index is -0.650. The molecule has 160 valence electrons. The van der Waals surface area contributed by atoms with Crippen molar-refractivity contribution in [3.63, 3.8) is 0 Å². The fraction of sp³-hybridized carbons (Fsp3) is 0.318. The molecule has 0 atom stereocenters. The Hall–Kier alpha value is -3.75. The van der Waals surface area contributed by atoms with Crippen LogP contribution in [-0.2, 0) is 22.6 Å². The number of primary amides is 1. The maximum Gasteiger partial charge on any atom is 0.269 e. The number of aryl methyl sites for hydroxylation is 1. The van der Waals surface area contributed by atoms with E-state index in [2.05, 4.69) is 15.4 Å². The van der Waals surface area contributed by atoms with Crippen LogP contribution in [0.15, 0.2) is 42.5 Å². The molecule has 4 rings (SSSR count). The van der Waals surface area contributed by atoms with Crippen LogP contribution in [-0.4, -0.2) is 50.0 Å². The summed E-state index contributed by atoms with van der Waals surface area (Å²) in [5, 5.41) is 7.61. The van der Waals surface area contributed by atoms with E-state index in [1.54, 1.807) is 35.2 Å². The zero-order chi connectivity index (χ0) is 22.0. The second kappa shape index (κ2) is 8.55. The standard InChI is InChI=1S/C22H24N6O3/c1-2-14-6-5-9-18(24-14)25-19(29)12-27(15-10-11-15)20(30)13-28-17-8-4-3-7-16(17)21(26-28)22(23)31/h3-9,15H,2,10-13H2,1H3,(H2,23,31)(H,24,25,29). The van der Waals surface area contributed by atoms with Gasteiger partial charge in [0.05, 0.1) is 5.52 Å². The lowest BCUT2D eigenvalue weighted by atomic mass is 10.2. The number of nitrogens with two attached hydrogens (primary N) is 1. The molecule has 3 amide bonds.